The standard InChI is InChI=1S/C52H33NOS/c1-3-12-34(13-4-1)36-22-24-38(25-23-36)50-42-17-8-7-16-39(42)32-46-45-33-41(30-31-48(45)54-51(46)50)53(40-28-26-37(27-29-40)35-14-5-2-6-15-35)47-20-11-19-44-43-18-9-10-21-49(43)55-52(44)47/h1-33H. The van der Waals surface area contributed by atoms with Crippen LogP contribution in [0.15, 0.2) is 205 Å². The fourth-order valence-electron chi connectivity index (χ4n) is 8.22. The minimum Gasteiger partial charge on any atom is -0.455 e. The highest BCUT2D eigenvalue weighted by atomic mass is 32.1. The van der Waals surface area contributed by atoms with E-state index in [2.05, 4.69) is 205 Å². The Morgan fingerprint density at radius 3 is 1.71 bits per heavy atom. The van der Waals surface area contributed by atoms with Crippen LogP contribution in [0.1, 0.15) is 0 Å². The summed E-state index contributed by atoms with van der Waals surface area (Å²) in [6.45, 7) is 0. The molecule has 0 atom stereocenters. The molecule has 55 heavy (non-hydrogen) atoms. The third-order valence-corrected chi connectivity index (χ3v) is 12.1. The number of nitrogens with zero attached hydrogens (tertiary/aromatic N) is 1. The summed E-state index contributed by atoms with van der Waals surface area (Å²) < 4.78 is 9.42. The maximum absolute atomic E-state index is 6.87. The maximum atomic E-state index is 6.87. The quantitative estimate of drug-likeness (QED) is 0.170. The number of anilines is 3. The van der Waals surface area contributed by atoms with Crippen LogP contribution in [-0.2, 0) is 0 Å². The van der Waals surface area contributed by atoms with Crippen LogP contribution in [-0.4, -0.2) is 0 Å². The molecule has 0 aliphatic heterocycles. The number of hydrogen-bond donors (Lipinski definition) is 0. The SMILES string of the molecule is c1ccc(-c2ccc(-c3c4ccccc4cc4c3oc3ccc(N(c5ccc(-c6ccccc6)cc5)c5cccc6c5sc5ccccc56)cc34)cc2)cc1. The van der Waals surface area contributed by atoms with Gasteiger partial charge in [0.05, 0.1) is 10.4 Å². The first-order valence-corrected chi connectivity index (χ1v) is 19.5. The first-order chi connectivity index (χ1) is 27.3. The molecule has 0 radical (unpaired) electrons. The van der Waals surface area contributed by atoms with Crippen molar-refractivity contribution in [2.24, 2.45) is 0 Å². The van der Waals surface area contributed by atoms with Gasteiger partial charge in [-0.2, -0.15) is 0 Å². The van der Waals surface area contributed by atoms with Gasteiger partial charge in [-0.25, -0.2) is 0 Å². The first kappa shape index (κ1) is 31.6. The van der Waals surface area contributed by atoms with E-state index in [1.807, 2.05) is 11.3 Å². The molecule has 2 nitrogen and oxygen atoms in total. The minimum atomic E-state index is 0.871. The largest absolute Gasteiger partial charge is 0.455 e. The van der Waals surface area contributed by atoms with E-state index < -0.39 is 0 Å². The topological polar surface area (TPSA) is 16.4 Å². The molecule has 11 rings (SSSR count). The van der Waals surface area contributed by atoms with Crippen molar-refractivity contribution in [3.05, 3.63) is 200 Å². The zero-order valence-electron chi connectivity index (χ0n) is 29.8. The lowest BCUT2D eigenvalue weighted by Crippen LogP contribution is -2.10. The Morgan fingerprint density at radius 1 is 0.382 bits per heavy atom. The van der Waals surface area contributed by atoms with Gasteiger partial charge in [-0.1, -0.05) is 152 Å². The molecular formula is C52H33NOS. The van der Waals surface area contributed by atoms with Gasteiger partial charge in [-0.3, -0.25) is 0 Å². The van der Waals surface area contributed by atoms with Crippen molar-refractivity contribution >= 4 is 81.3 Å². The highest BCUT2D eigenvalue weighted by molar-refractivity contribution is 7.26. The minimum absolute atomic E-state index is 0.871. The second kappa shape index (κ2) is 12.9. The fraction of sp³-hybridized carbons (Fsp3) is 0. The van der Waals surface area contributed by atoms with Gasteiger partial charge < -0.3 is 9.32 Å². The van der Waals surface area contributed by atoms with Gasteiger partial charge in [0.25, 0.3) is 0 Å². The van der Waals surface area contributed by atoms with Gasteiger partial charge >= 0.3 is 0 Å². The zero-order chi connectivity index (χ0) is 36.3. The molecule has 0 N–H and O–H groups in total. The Bertz CT molecular complexity index is 3180. The molecule has 0 fully saturated rings. The number of fused-ring (bicyclic) bond motifs is 7. The molecule has 11 aromatic rings. The molecule has 0 unspecified atom stereocenters. The van der Waals surface area contributed by atoms with Gasteiger partial charge in [0.2, 0.25) is 0 Å². The van der Waals surface area contributed by atoms with Crippen LogP contribution in [0, 0.1) is 0 Å². The van der Waals surface area contributed by atoms with E-state index in [9.17, 15) is 0 Å². The molecule has 0 spiro atoms. The van der Waals surface area contributed by atoms with Gasteiger partial charge in [-0.05, 0) is 87.1 Å². The zero-order valence-corrected chi connectivity index (χ0v) is 30.6. The predicted molar refractivity (Wildman–Crippen MR) is 235 cm³/mol. The summed E-state index contributed by atoms with van der Waals surface area (Å²) in [7, 11) is 0. The summed E-state index contributed by atoms with van der Waals surface area (Å²) in [5.74, 6) is 0. The summed E-state index contributed by atoms with van der Waals surface area (Å²) in [6, 6.07) is 72.0. The smallest absolute Gasteiger partial charge is 0.143 e. The van der Waals surface area contributed by atoms with Crippen molar-refractivity contribution in [3.63, 3.8) is 0 Å². The van der Waals surface area contributed by atoms with Crippen molar-refractivity contribution in [2.45, 2.75) is 0 Å². The number of furan rings is 1. The number of benzene rings is 9. The van der Waals surface area contributed by atoms with E-state index in [1.54, 1.807) is 0 Å². The van der Waals surface area contributed by atoms with E-state index in [0.717, 1.165) is 50.1 Å². The van der Waals surface area contributed by atoms with E-state index in [4.69, 9.17) is 4.42 Å². The third-order valence-electron chi connectivity index (χ3n) is 10.9. The molecule has 258 valence electrons. The molecule has 2 aromatic heterocycles. The lowest BCUT2D eigenvalue weighted by molar-refractivity contribution is 0.670. The van der Waals surface area contributed by atoms with Crippen molar-refractivity contribution in [1.82, 2.24) is 0 Å². The highest BCUT2D eigenvalue weighted by Crippen LogP contribution is 2.47. The van der Waals surface area contributed by atoms with Crippen LogP contribution < -0.4 is 4.90 Å². The molecule has 3 heteroatoms. The molecular weight excluding hydrogens is 687 g/mol. The average Bonchev–Trinajstić information content (AvgIpc) is 3.82. The van der Waals surface area contributed by atoms with Crippen LogP contribution in [0.4, 0.5) is 17.1 Å². The lowest BCUT2D eigenvalue weighted by Gasteiger charge is -2.26. The van der Waals surface area contributed by atoms with Crippen molar-refractivity contribution in [2.75, 3.05) is 4.90 Å². The molecule has 0 aliphatic carbocycles. The summed E-state index contributed by atoms with van der Waals surface area (Å²) in [4.78, 5) is 2.41. The van der Waals surface area contributed by atoms with Crippen molar-refractivity contribution < 1.29 is 4.42 Å². The molecule has 0 saturated heterocycles. The number of rotatable bonds is 6. The highest BCUT2D eigenvalue weighted by Gasteiger charge is 2.21. The Hall–Kier alpha value is -6.94. The average molecular weight is 720 g/mol. The molecule has 0 bridgehead atoms. The fourth-order valence-corrected chi connectivity index (χ4v) is 9.42. The van der Waals surface area contributed by atoms with Gasteiger partial charge in [0.15, 0.2) is 0 Å². The Kier molecular flexibility index (Phi) is 7.39. The summed E-state index contributed by atoms with van der Waals surface area (Å²) in [5, 5.41) is 7.13. The monoisotopic (exact) mass is 719 g/mol. The van der Waals surface area contributed by atoms with Crippen LogP contribution in [0.25, 0.3) is 86.3 Å². The Labute approximate surface area is 322 Å². The van der Waals surface area contributed by atoms with Crippen molar-refractivity contribution in [1.29, 1.82) is 0 Å². The summed E-state index contributed by atoms with van der Waals surface area (Å²) in [6.07, 6.45) is 0. The Morgan fingerprint density at radius 2 is 0.964 bits per heavy atom. The number of hydrogen-bond acceptors (Lipinski definition) is 3. The van der Waals surface area contributed by atoms with Gasteiger partial charge in [0.1, 0.15) is 11.2 Å². The molecule has 0 amide bonds. The molecule has 2 heterocycles. The van der Waals surface area contributed by atoms with Gasteiger partial charge in [0, 0.05) is 43.2 Å². The van der Waals surface area contributed by atoms with Crippen LogP contribution in [0.3, 0.4) is 0 Å². The normalized spacial score (nSPS) is 11.6. The van der Waals surface area contributed by atoms with Crippen LogP contribution in [0.5, 0.6) is 0 Å². The number of thiophene rings is 1. The van der Waals surface area contributed by atoms with Crippen molar-refractivity contribution in [3.8, 4) is 33.4 Å². The van der Waals surface area contributed by atoms with E-state index in [-0.39, 0.29) is 0 Å². The second-order valence-electron chi connectivity index (χ2n) is 14.1. The van der Waals surface area contributed by atoms with Crippen LogP contribution >= 0.6 is 11.3 Å². The first-order valence-electron chi connectivity index (χ1n) is 18.7. The molecule has 9 aromatic carbocycles. The summed E-state index contributed by atoms with van der Waals surface area (Å²) in [5.41, 5.74) is 12.2. The Balaban J connectivity index is 1.12. The van der Waals surface area contributed by atoms with E-state index in [1.165, 1.54) is 53.2 Å². The summed E-state index contributed by atoms with van der Waals surface area (Å²) >= 11 is 1.85. The second-order valence-corrected chi connectivity index (χ2v) is 15.1. The van der Waals surface area contributed by atoms with Gasteiger partial charge in [-0.15, -0.1) is 11.3 Å². The molecule has 0 aliphatic rings. The maximum Gasteiger partial charge on any atom is 0.143 e. The third kappa shape index (κ3) is 5.32. The van der Waals surface area contributed by atoms with E-state index in [0.29, 0.717) is 0 Å². The van der Waals surface area contributed by atoms with E-state index >= 15 is 0 Å². The van der Waals surface area contributed by atoms with Crippen LogP contribution in [0.2, 0.25) is 0 Å². The molecule has 0 saturated carbocycles. The predicted octanol–water partition coefficient (Wildman–Crippen LogP) is 15.6. The lowest BCUT2D eigenvalue weighted by atomic mass is 9.94.